The Labute approximate surface area is 212 Å². The summed E-state index contributed by atoms with van der Waals surface area (Å²) in [6, 6.07) is 0. The number of hydrogen-bond acceptors (Lipinski definition) is 5. The topological polar surface area (TPSA) is 90.2 Å². The minimum atomic E-state index is -0.876. The quantitative estimate of drug-likeness (QED) is 0.434. The highest BCUT2D eigenvalue weighted by Crippen LogP contribution is 2.74. The highest BCUT2D eigenvalue weighted by molar-refractivity contribution is 5.34. The second-order valence-electron chi connectivity index (χ2n) is 14.9. The van der Waals surface area contributed by atoms with Gasteiger partial charge in [-0.3, -0.25) is 0 Å². The number of rotatable bonds is 3. The molecular formula is C30H50O5. The molecule has 5 rings (SSSR count). The minimum absolute atomic E-state index is 0.0738. The van der Waals surface area contributed by atoms with E-state index in [-0.39, 0.29) is 40.5 Å². The predicted molar refractivity (Wildman–Crippen MR) is 137 cm³/mol. The number of ether oxygens (including phenoxy) is 1. The molecule has 1 saturated heterocycles. The largest absolute Gasteiger partial charge is 0.396 e. The smallest absolute Gasteiger partial charge is 0.0877 e. The van der Waals surface area contributed by atoms with Crippen molar-refractivity contribution in [2.75, 3.05) is 6.61 Å². The Hall–Kier alpha value is -0.460. The molecule has 4 fully saturated rings. The van der Waals surface area contributed by atoms with Gasteiger partial charge < -0.3 is 25.2 Å². The molecule has 0 aromatic heterocycles. The van der Waals surface area contributed by atoms with Gasteiger partial charge in [0.25, 0.3) is 0 Å². The standard InChI is InChI=1S/C30H50O5/c1-25(2,34)23-12-15-30(7,35-23)19-10-13-28(5)18(19)8-9-22-26(3)16-20(32)24(33)27(4,17-31)21(26)11-14-29(22,28)6/h8,19-24,31-34H,9-17H2,1-7H3/t19-,20+,21+,22+,23+,24-,26-,27+,28+,29+,30-/m0/s1. The molecule has 1 heterocycles. The molecule has 0 aromatic carbocycles. The summed E-state index contributed by atoms with van der Waals surface area (Å²) < 4.78 is 6.65. The first-order chi connectivity index (χ1) is 16.1. The lowest BCUT2D eigenvalue weighted by atomic mass is 9.36. The summed E-state index contributed by atoms with van der Waals surface area (Å²) in [6.45, 7) is 15.2. The highest BCUT2D eigenvalue weighted by Gasteiger charge is 2.69. The Bertz CT molecular complexity index is 894. The van der Waals surface area contributed by atoms with Crippen LogP contribution < -0.4 is 0 Å². The molecule has 5 aliphatic rings. The van der Waals surface area contributed by atoms with Gasteiger partial charge >= 0.3 is 0 Å². The summed E-state index contributed by atoms with van der Waals surface area (Å²) in [7, 11) is 0. The van der Waals surface area contributed by atoms with Crippen LogP contribution in [0.15, 0.2) is 11.6 Å². The Morgan fingerprint density at radius 2 is 1.66 bits per heavy atom. The number of aliphatic hydroxyl groups excluding tert-OH is 3. The van der Waals surface area contributed by atoms with Gasteiger partial charge in [-0.2, -0.15) is 0 Å². The number of allylic oxidation sites excluding steroid dienone is 1. The summed E-state index contributed by atoms with van der Waals surface area (Å²) >= 11 is 0. The molecular weight excluding hydrogens is 440 g/mol. The lowest BCUT2D eigenvalue weighted by Gasteiger charge is -2.69. The van der Waals surface area contributed by atoms with E-state index in [1.54, 1.807) is 5.57 Å². The molecule has 0 bridgehead atoms. The van der Waals surface area contributed by atoms with Crippen LogP contribution in [-0.2, 0) is 4.74 Å². The molecule has 0 amide bonds. The van der Waals surface area contributed by atoms with Gasteiger partial charge in [0.15, 0.2) is 0 Å². The fourth-order valence-corrected chi connectivity index (χ4v) is 10.5. The fraction of sp³-hybridized carbons (Fsp3) is 0.933. The van der Waals surface area contributed by atoms with Crippen molar-refractivity contribution >= 4 is 0 Å². The summed E-state index contributed by atoms with van der Waals surface area (Å²) in [5.41, 5.74) is -0.126. The Kier molecular flexibility index (Phi) is 5.82. The van der Waals surface area contributed by atoms with Crippen LogP contribution in [0.4, 0.5) is 0 Å². The minimum Gasteiger partial charge on any atom is -0.396 e. The summed E-state index contributed by atoms with van der Waals surface area (Å²) in [5, 5.41) is 42.9. The van der Waals surface area contributed by atoms with E-state index in [9.17, 15) is 20.4 Å². The molecule has 11 atom stereocenters. The number of hydrogen-bond donors (Lipinski definition) is 4. The average molecular weight is 491 g/mol. The van der Waals surface area contributed by atoms with Crippen molar-refractivity contribution in [2.24, 2.45) is 39.4 Å². The first-order valence-electron chi connectivity index (χ1n) is 14.1. The molecule has 5 heteroatoms. The van der Waals surface area contributed by atoms with Gasteiger partial charge in [0.1, 0.15) is 0 Å². The molecule has 0 radical (unpaired) electrons. The van der Waals surface area contributed by atoms with Crippen molar-refractivity contribution in [2.45, 2.75) is 129 Å². The first-order valence-corrected chi connectivity index (χ1v) is 14.1. The highest BCUT2D eigenvalue weighted by atomic mass is 16.5. The van der Waals surface area contributed by atoms with Crippen LogP contribution in [0.3, 0.4) is 0 Å². The zero-order valence-electron chi connectivity index (χ0n) is 23.1. The SMILES string of the molecule is CC(C)(O)[C@H]1CC[C@@](C)([C@H]2CC[C@]3(C)C2=CC[C@@H]2[C@@]4(C)C[C@@H](O)[C@H](O)[C@](C)(CO)[C@@H]4CC[C@]23C)O1. The van der Waals surface area contributed by atoms with Crippen molar-refractivity contribution < 1.29 is 25.2 Å². The fourth-order valence-electron chi connectivity index (χ4n) is 10.5. The average Bonchev–Trinajstić information content (AvgIpc) is 3.34. The molecule has 1 aliphatic heterocycles. The Morgan fingerprint density at radius 3 is 2.26 bits per heavy atom. The molecule has 5 nitrogen and oxygen atoms in total. The maximum Gasteiger partial charge on any atom is 0.0877 e. The molecule has 0 aromatic rings. The van der Waals surface area contributed by atoms with Gasteiger partial charge in [-0.05, 0) is 100 Å². The van der Waals surface area contributed by atoms with Crippen molar-refractivity contribution in [3.63, 3.8) is 0 Å². The molecule has 4 aliphatic carbocycles. The molecule has 0 spiro atoms. The number of aliphatic hydroxyl groups is 4. The molecule has 200 valence electrons. The van der Waals surface area contributed by atoms with Crippen molar-refractivity contribution in [3.8, 4) is 0 Å². The normalized spacial score (nSPS) is 56.3. The second-order valence-corrected chi connectivity index (χ2v) is 14.9. The van der Waals surface area contributed by atoms with Crippen LogP contribution in [0, 0.1) is 39.4 Å². The second kappa shape index (κ2) is 7.79. The van der Waals surface area contributed by atoms with Gasteiger partial charge in [-0.25, -0.2) is 0 Å². The lowest BCUT2D eigenvalue weighted by molar-refractivity contribution is -0.238. The van der Waals surface area contributed by atoms with Crippen molar-refractivity contribution in [1.82, 2.24) is 0 Å². The van der Waals surface area contributed by atoms with Crippen LogP contribution in [-0.4, -0.2) is 56.5 Å². The summed E-state index contributed by atoms with van der Waals surface area (Å²) in [5.74, 6) is 0.968. The zero-order chi connectivity index (χ0) is 25.8. The van der Waals surface area contributed by atoms with E-state index in [0.717, 1.165) is 44.9 Å². The molecule has 0 unspecified atom stereocenters. The molecule has 35 heavy (non-hydrogen) atoms. The van der Waals surface area contributed by atoms with Crippen LogP contribution in [0.5, 0.6) is 0 Å². The number of fused-ring (bicyclic) bond motifs is 5. The Balaban J connectivity index is 1.50. The van der Waals surface area contributed by atoms with Crippen molar-refractivity contribution in [3.05, 3.63) is 11.6 Å². The third-order valence-corrected chi connectivity index (χ3v) is 12.8. The van der Waals surface area contributed by atoms with E-state index in [0.29, 0.717) is 18.3 Å². The van der Waals surface area contributed by atoms with Crippen molar-refractivity contribution in [1.29, 1.82) is 0 Å². The first kappa shape index (κ1) is 26.2. The van der Waals surface area contributed by atoms with Crippen LogP contribution in [0.2, 0.25) is 0 Å². The maximum atomic E-state index is 11.0. The van der Waals surface area contributed by atoms with Gasteiger partial charge in [-0.15, -0.1) is 0 Å². The summed E-state index contributed by atoms with van der Waals surface area (Å²) in [4.78, 5) is 0. The third-order valence-electron chi connectivity index (χ3n) is 12.8. The third kappa shape index (κ3) is 3.30. The summed E-state index contributed by atoms with van der Waals surface area (Å²) in [6.07, 6.45) is 8.54. The van der Waals surface area contributed by atoms with Gasteiger partial charge in [0.2, 0.25) is 0 Å². The van der Waals surface area contributed by atoms with E-state index in [1.165, 1.54) is 0 Å². The van der Waals surface area contributed by atoms with E-state index >= 15 is 0 Å². The van der Waals surface area contributed by atoms with E-state index < -0.39 is 23.2 Å². The van der Waals surface area contributed by atoms with Gasteiger partial charge in [-0.1, -0.05) is 39.3 Å². The zero-order valence-corrected chi connectivity index (χ0v) is 23.1. The van der Waals surface area contributed by atoms with E-state index in [2.05, 4.69) is 33.8 Å². The maximum absolute atomic E-state index is 11.0. The monoisotopic (exact) mass is 490 g/mol. The van der Waals surface area contributed by atoms with Crippen LogP contribution in [0.1, 0.15) is 99.8 Å². The van der Waals surface area contributed by atoms with Gasteiger partial charge in [0, 0.05) is 11.3 Å². The van der Waals surface area contributed by atoms with E-state index in [1.807, 2.05) is 20.8 Å². The molecule has 3 saturated carbocycles. The van der Waals surface area contributed by atoms with Crippen LogP contribution >= 0.6 is 0 Å². The van der Waals surface area contributed by atoms with E-state index in [4.69, 9.17) is 4.74 Å². The predicted octanol–water partition coefficient (Wildman–Crippen LogP) is 4.60. The lowest BCUT2D eigenvalue weighted by Crippen LogP contribution is -2.66. The van der Waals surface area contributed by atoms with Gasteiger partial charge in [0.05, 0.1) is 36.1 Å². The molecule has 4 N–H and O–H groups in total. The van der Waals surface area contributed by atoms with Crippen LogP contribution in [0.25, 0.3) is 0 Å². The Morgan fingerprint density at radius 1 is 0.971 bits per heavy atom.